The van der Waals surface area contributed by atoms with Crippen molar-refractivity contribution in [3.8, 4) is 0 Å². The predicted molar refractivity (Wildman–Crippen MR) is 174 cm³/mol. The summed E-state index contributed by atoms with van der Waals surface area (Å²) < 4.78 is 0. The summed E-state index contributed by atoms with van der Waals surface area (Å²) in [5, 5.41) is 8.87. The number of carbonyl (C=O) groups excluding carboxylic acids is 2. The van der Waals surface area contributed by atoms with E-state index in [1.165, 1.54) is 19.3 Å². The minimum absolute atomic E-state index is 0.000576. The Morgan fingerprint density at radius 3 is 1.98 bits per heavy atom. The fraction of sp³-hybridized carbons (Fsp3) is 0.417. The minimum atomic E-state index is -0.931. The van der Waals surface area contributed by atoms with Crippen molar-refractivity contribution in [3.05, 3.63) is 107 Å². The summed E-state index contributed by atoms with van der Waals surface area (Å²) in [6, 6.07) is 27.0. The topological polar surface area (TPSA) is 77.9 Å². The van der Waals surface area contributed by atoms with Gasteiger partial charge in [0.2, 0.25) is 11.8 Å². The molecule has 1 heterocycles. The molecule has 1 aliphatic heterocycles. The average molecular weight is 601 g/mol. The average Bonchev–Trinajstić information content (AvgIpc) is 3.31. The standard InChI is InChI=1S/C36H44N2O4S/c1-2-3-4-5-12-19-34-38(24-13-18-28-20-22-31(23-21-28)36(41)42)35(40)32(43-34)25-33(39)37(26-29-14-8-6-9-15-29)27-30-16-10-7-11-17-30/h6-11,14-17,20-23,32,34H,2-5,12-13,18-19,24-27H2,1H3,(H,41,42). The summed E-state index contributed by atoms with van der Waals surface area (Å²) in [5.74, 6) is -0.863. The van der Waals surface area contributed by atoms with E-state index in [9.17, 15) is 14.4 Å². The molecule has 0 radical (unpaired) electrons. The maximum atomic E-state index is 13.8. The van der Waals surface area contributed by atoms with Gasteiger partial charge in [0.15, 0.2) is 0 Å². The van der Waals surface area contributed by atoms with Crippen LogP contribution in [0, 0.1) is 0 Å². The van der Waals surface area contributed by atoms with Gasteiger partial charge in [0, 0.05) is 26.1 Å². The molecule has 3 aromatic rings. The fourth-order valence-electron chi connectivity index (χ4n) is 5.58. The Morgan fingerprint density at radius 1 is 0.791 bits per heavy atom. The first-order valence-corrected chi connectivity index (χ1v) is 16.5. The first kappa shape index (κ1) is 32.3. The molecule has 7 heteroatoms. The summed E-state index contributed by atoms with van der Waals surface area (Å²) in [7, 11) is 0. The number of amides is 2. The Hall–Kier alpha value is -3.58. The third kappa shape index (κ3) is 9.99. The number of hydrogen-bond donors (Lipinski definition) is 1. The smallest absolute Gasteiger partial charge is 0.335 e. The van der Waals surface area contributed by atoms with Crippen LogP contribution < -0.4 is 0 Å². The zero-order valence-corrected chi connectivity index (χ0v) is 26.0. The lowest BCUT2D eigenvalue weighted by molar-refractivity contribution is -0.136. The van der Waals surface area contributed by atoms with Gasteiger partial charge in [-0.3, -0.25) is 9.59 Å². The van der Waals surface area contributed by atoms with Crippen LogP contribution >= 0.6 is 11.8 Å². The highest BCUT2D eigenvalue weighted by Crippen LogP contribution is 2.37. The van der Waals surface area contributed by atoms with Crippen molar-refractivity contribution < 1.29 is 19.5 Å². The first-order valence-electron chi connectivity index (χ1n) is 15.6. The van der Waals surface area contributed by atoms with Gasteiger partial charge in [-0.1, -0.05) is 112 Å². The Kier molecular flexibility index (Phi) is 12.7. The highest BCUT2D eigenvalue weighted by Gasteiger charge is 2.41. The van der Waals surface area contributed by atoms with E-state index in [1.807, 2.05) is 82.6 Å². The number of rotatable bonds is 17. The molecule has 1 saturated heterocycles. The summed E-state index contributed by atoms with van der Waals surface area (Å²) in [6.07, 6.45) is 8.58. The van der Waals surface area contributed by atoms with Crippen molar-refractivity contribution in [1.82, 2.24) is 9.80 Å². The summed E-state index contributed by atoms with van der Waals surface area (Å²) in [6.45, 7) is 3.86. The second-order valence-corrected chi connectivity index (χ2v) is 12.7. The number of aryl methyl sites for hydroxylation is 1. The highest BCUT2D eigenvalue weighted by molar-refractivity contribution is 8.01. The third-order valence-electron chi connectivity index (χ3n) is 7.99. The number of benzene rings is 3. The van der Waals surface area contributed by atoms with E-state index >= 15 is 0 Å². The lowest BCUT2D eigenvalue weighted by atomic mass is 10.1. The van der Waals surface area contributed by atoms with Crippen LogP contribution in [-0.4, -0.2) is 49.9 Å². The molecule has 2 atom stereocenters. The van der Waals surface area contributed by atoms with Crippen LogP contribution in [0.5, 0.6) is 0 Å². The van der Waals surface area contributed by atoms with Crippen LogP contribution in [0.25, 0.3) is 0 Å². The van der Waals surface area contributed by atoms with Crippen LogP contribution in [0.2, 0.25) is 0 Å². The van der Waals surface area contributed by atoms with Crippen molar-refractivity contribution in [1.29, 1.82) is 0 Å². The van der Waals surface area contributed by atoms with E-state index in [-0.39, 0.29) is 34.4 Å². The minimum Gasteiger partial charge on any atom is -0.478 e. The van der Waals surface area contributed by atoms with Crippen molar-refractivity contribution in [2.24, 2.45) is 0 Å². The predicted octanol–water partition coefficient (Wildman–Crippen LogP) is 7.57. The Labute approximate surface area is 260 Å². The molecule has 3 aromatic carbocycles. The molecule has 1 N–H and O–H groups in total. The molecular formula is C36H44N2O4S. The normalized spacial score (nSPS) is 16.4. The van der Waals surface area contributed by atoms with Gasteiger partial charge in [0.1, 0.15) is 0 Å². The molecule has 0 bridgehead atoms. The second kappa shape index (κ2) is 16.9. The maximum absolute atomic E-state index is 13.8. The molecule has 0 saturated carbocycles. The van der Waals surface area contributed by atoms with Gasteiger partial charge in [-0.05, 0) is 48.1 Å². The maximum Gasteiger partial charge on any atom is 0.335 e. The Bertz CT molecular complexity index is 1260. The molecule has 2 amide bonds. The van der Waals surface area contributed by atoms with Gasteiger partial charge in [-0.2, -0.15) is 0 Å². The molecule has 1 fully saturated rings. The van der Waals surface area contributed by atoms with Gasteiger partial charge in [0.25, 0.3) is 0 Å². The number of nitrogens with zero attached hydrogens (tertiary/aromatic N) is 2. The highest BCUT2D eigenvalue weighted by atomic mass is 32.2. The SMILES string of the molecule is CCCCCCCC1SC(CC(=O)N(Cc2ccccc2)Cc2ccccc2)C(=O)N1CCCc1ccc(C(=O)O)cc1. The number of carbonyl (C=O) groups is 3. The van der Waals surface area contributed by atoms with Crippen LogP contribution in [0.15, 0.2) is 84.9 Å². The molecule has 0 aliphatic carbocycles. The molecule has 0 spiro atoms. The first-order chi connectivity index (χ1) is 20.9. The lowest BCUT2D eigenvalue weighted by Crippen LogP contribution is -2.38. The Morgan fingerprint density at radius 2 is 1.40 bits per heavy atom. The third-order valence-corrected chi connectivity index (χ3v) is 9.49. The number of aromatic carboxylic acids is 1. The van der Waals surface area contributed by atoms with Crippen molar-refractivity contribution in [2.75, 3.05) is 6.54 Å². The van der Waals surface area contributed by atoms with Gasteiger partial charge >= 0.3 is 5.97 Å². The molecule has 6 nitrogen and oxygen atoms in total. The summed E-state index contributed by atoms with van der Waals surface area (Å²) in [4.78, 5) is 42.6. The van der Waals surface area contributed by atoms with E-state index in [0.717, 1.165) is 48.8 Å². The van der Waals surface area contributed by atoms with Crippen LogP contribution in [0.3, 0.4) is 0 Å². The largest absolute Gasteiger partial charge is 0.478 e. The zero-order chi connectivity index (χ0) is 30.4. The monoisotopic (exact) mass is 600 g/mol. The van der Waals surface area contributed by atoms with E-state index in [0.29, 0.717) is 19.6 Å². The number of carboxylic acids is 1. The van der Waals surface area contributed by atoms with Crippen LogP contribution in [0.4, 0.5) is 0 Å². The molecule has 0 aromatic heterocycles. The molecule has 228 valence electrons. The van der Waals surface area contributed by atoms with E-state index < -0.39 is 5.97 Å². The second-order valence-electron chi connectivity index (χ2n) is 11.3. The summed E-state index contributed by atoms with van der Waals surface area (Å²) in [5.41, 5.74) is 3.48. The fourth-order valence-corrected chi connectivity index (χ4v) is 7.11. The van der Waals surface area contributed by atoms with Gasteiger partial charge < -0.3 is 14.9 Å². The van der Waals surface area contributed by atoms with E-state index in [2.05, 4.69) is 6.92 Å². The van der Waals surface area contributed by atoms with E-state index in [1.54, 1.807) is 23.9 Å². The molecule has 43 heavy (non-hydrogen) atoms. The van der Waals surface area contributed by atoms with Crippen LogP contribution in [0.1, 0.15) is 85.3 Å². The van der Waals surface area contributed by atoms with Crippen LogP contribution in [-0.2, 0) is 29.1 Å². The summed E-state index contributed by atoms with van der Waals surface area (Å²) >= 11 is 1.66. The van der Waals surface area contributed by atoms with Crippen molar-refractivity contribution >= 4 is 29.5 Å². The molecular weight excluding hydrogens is 556 g/mol. The molecule has 4 rings (SSSR count). The number of hydrogen-bond acceptors (Lipinski definition) is 4. The quantitative estimate of drug-likeness (QED) is 0.162. The van der Waals surface area contributed by atoms with Crippen molar-refractivity contribution in [2.45, 2.75) is 88.4 Å². The molecule has 1 aliphatic rings. The number of carboxylic acid groups (broad SMARTS) is 1. The van der Waals surface area contributed by atoms with E-state index in [4.69, 9.17) is 5.11 Å². The van der Waals surface area contributed by atoms with Crippen molar-refractivity contribution in [3.63, 3.8) is 0 Å². The lowest BCUT2D eigenvalue weighted by Gasteiger charge is -2.24. The molecule has 2 unspecified atom stereocenters. The zero-order valence-electron chi connectivity index (χ0n) is 25.2. The van der Waals surface area contributed by atoms with Gasteiger partial charge in [-0.25, -0.2) is 4.79 Å². The Balaban J connectivity index is 1.41. The van der Waals surface area contributed by atoms with Gasteiger partial charge in [0.05, 0.1) is 16.2 Å². The van der Waals surface area contributed by atoms with Gasteiger partial charge in [-0.15, -0.1) is 11.8 Å². The number of unbranched alkanes of at least 4 members (excludes halogenated alkanes) is 4. The number of thioether (sulfide) groups is 1.